The number of alkyl carbamates (subject to hydrolysis) is 1. The van der Waals surface area contributed by atoms with E-state index in [1.165, 1.54) is 6.07 Å². The van der Waals surface area contributed by atoms with E-state index in [-0.39, 0.29) is 30.9 Å². The molecule has 43 heavy (non-hydrogen) atoms. The molecule has 0 heterocycles. The van der Waals surface area contributed by atoms with Crippen LogP contribution in [0.1, 0.15) is 86.8 Å². The number of carbonyl (C=O) groups is 1. The van der Waals surface area contributed by atoms with Crippen LogP contribution in [0.5, 0.6) is 5.75 Å². The number of aryl methyl sites for hydroxylation is 1. The molecule has 0 bridgehead atoms. The Hall–Kier alpha value is -2.98. The highest BCUT2D eigenvalue weighted by Gasteiger charge is 2.57. The van der Waals surface area contributed by atoms with Crippen LogP contribution in [0.25, 0.3) is 0 Å². The van der Waals surface area contributed by atoms with Gasteiger partial charge in [-0.15, -0.1) is 0 Å². The van der Waals surface area contributed by atoms with E-state index in [2.05, 4.69) is 5.32 Å². The molecule has 0 fully saturated rings. The van der Waals surface area contributed by atoms with Crippen molar-refractivity contribution in [3.8, 4) is 5.75 Å². The van der Waals surface area contributed by atoms with Crippen molar-refractivity contribution in [2.24, 2.45) is 0 Å². The second kappa shape index (κ2) is 14.2. The van der Waals surface area contributed by atoms with Gasteiger partial charge in [0, 0.05) is 6.07 Å². The van der Waals surface area contributed by atoms with Crippen LogP contribution in [0.15, 0.2) is 48.5 Å². The molecule has 0 aromatic heterocycles. The fourth-order valence-corrected chi connectivity index (χ4v) is 4.71. The lowest BCUT2D eigenvalue weighted by molar-refractivity contribution is -0.423. The predicted molar refractivity (Wildman–Crippen MR) is 166 cm³/mol. The number of hydrogen-bond acceptors (Lipinski definition) is 9. The number of ether oxygens (including phenoxy) is 4. The summed E-state index contributed by atoms with van der Waals surface area (Å²) in [6.07, 6.45) is -0.458. The highest BCUT2D eigenvalue weighted by Crippen LogP contribution is 2.42. The number of amides is 1. The summed E-state index contributed by atoms with van der Waals surface area (Å²) in [5.74, 6) is -1.89. The number of benzene rings is 2. The van der Waals surface area contributed by atoms with Crippen molar-refractivity contribution < 1.29 is 37.8 Å². The summed E-state index contributed by atoms with van der Waals surface area (Å²) >= 11 is 0. The minimum atomic E-state index is -2.03. The van der Waals surface area contributed by atoms with Crippen LogP contribution in [0, 0.1) is 10.1 Å². The molecular formula is C31H47N2O9P. The van der Waals surface area contributed by atoms with Crippen molar-refractivity contribution in [1.29, 1.82) is 0 Å². The molecule has 12 heteroatoms. The van der Waals surface area contributed by atoms with Crippen LogP contribution in [-0.4, -0.2) is 39.3 Å². The van der Waals surface area contributed by atoms with Crippen LogP contribution in [0.4, 0.5) is 10.5 Å². The molecule has 0 radical (unpaired) electrons. The Morgan fingerprint density at radius 3 is 1.93 bits per heavy atom. The van der Waals surface area contributed by atoms with Crippen LogP contribution >= 0.6 is 8.69 Å². The molecular weight excluding hydrogens is 575 g/mol. The molecule has 2 aromatic rings. The lowest BCUT2D eigenvalue weighted by Gasteiger charge is -2.50. The van der Waals surface area contributed by atoms with Crippen LogP contribution in [0.3, 0.4) is 0 Å². The lowest BCUT2D eigenvalue weighted by atomic mass is 9.89. The molecule has 0 aliphatic rings. The van der Waals surface area contributed by atoms with E-state index in [4.69, 9.17) is 23.5 Å². The van der Waals surface area contributed by atoms with Gasteiger partial charge in [-0.05, 0) is 99.3 Å². The van der Waals surface area contributed by atoms with Crippen LogP contribution in [0.2, 0.25) is 0 Å². The molecule has 2 rings (SSSR count). The molecule has 0 saturated carbocycles. The van der Waals surface area contributed by atoms with Gasteiger partial charge in [-0.25, -0.2) is 4.79 Å². The van der Waals surface area contributed by atoms with Crippen molar-refractivity contribution in [3.05, 3.63) is 69.8 Å². The van der Waals surface area contributed by atoms with Crippen molar-refractivity contribution >= 4 is 20.5 Å². The van der Waals surface area contributed by atoms with Gasteiger partial charge in [-0.2, -0.15) is 0 Å². The van der Waals surface area contributed by atoms with Gasteiger partial charge < -0.3 is 24.3 Å². The molecule has 0 spiro atoms. The van der Waals surface area contributed by atoms with E-state index in [1.54, 1.807) is 81.4 Å². The predicted octanol–water partition coefficient (Wildman–Crippen LogP) is 7.36. The standard InChI is InChI=1S/C31H47N2O9P/c1-27(2,3)39-26(34)32-30(10,31(42-43-37,40-28(4,5)6)41-29(7,8)9)19-18-22-16-17-25(24(20-22)33(35)36)38-21-23-14-12-11-13-15-23/h11-17,20H,18-19,21,43H2,1-10H3,(H,32,34)/t30-/m1/s1. The van der Waals surface area contributed by atoms with Crippen LogP contribution in [-0.2, 0) is 36.3 Å². The summed E-state index contributed by atoms with van der Waals surface area (Å²) < 4.78 is 42.0. The Morgan fingerprint density at radius 1 is 0.860 bits per heavy atom. The van der Waals surface area contributed by atoms with Crippen molar-refractivity contribution in [3.63, 3.8) is 0 Å². The second-order valence-corrected chi connectivity index (χ2v) is 13.9. The van der Waals surface area contributed by atoms with Gasteiger partial charge >= 0.3 is 17.8 Å². The van der Waals surface area contributed by atoms with E-state index in [0.717, 1.165) is 5.56 Å². The number of nitro benzene ring substituents is 1. The molecule has 0 aliphatic carbocycles. The number of carbonyl (C=O) groups excluding carboxylic acids is 1. The Bertz CT molecular complexity index is 1230. The molecule has 11 nitrogen and oxygen atoms in total. The van der Waals surface area contributed by atoms with Gasteiger partial charge in [0.1, 0.15) is 17.7 Å². The van der Waals surface area contributed by atoms with Gasteiger partial charge in [-0.3, -0.25) is 19.2 Å². The number of nitrogens with one attached hydrogen (secondary N) is 1. The zero-order chi connectivity index (χ0) is 32.7. The minimum absolute atomic E-state index is 0.0964. The third-order valence-corrected chi connectivity index (χ3v) is 6.31. The zero-order valence-electron chi connectivity index (χ0n) is 26.9. The quantitative estimate of drug-likeness (QED) is 0.105. The Kier molecular flexibility index (Phi) is 12.0. The first-order valence-corrected chi connectivity index (χ1v) is 15.1. The van der Waals surface area contributed by atoms with Crippen molar-refractivity contribution in [2.75, 3.05) is 0 Å². The maximum absolute atomic E-state index is 13.2. The van der Waals surface area contributed by atoms with E-state index in [0.29, 0.717) is 5.56 Å². The SMILES string of the molecule is CC(C)(C)OC(=O)N[C@](C)(CCc1ccc(OCc2ccccc2)c([N+](=O)[O-])c1)C(O[PH2]=O)(OC(C)(C)C)OC(C)(C)C. The molecule has 1 unspecified atom stereocenters. The maximum Gasteiger partial charge on any atom is 0.408 e. The molecule has 1 N–H and O–H groups in total. The van der Waals surface area contributed by atoms with Gasteiger partial charge in [0.05, 0.1) is 16.1 Å². The minimum Gasteiger partial charge on any atom is -0.482 e. The first-order chi connectivity index (χ1) is 19.7. The topological polar surface area (TPSA) is 135 Å². The molecule has 0 saturated heterocycles. The van der Waals surface area contributed by atoms with E-state index >= 15 is 0 Å². The number of hydrogen-bond donors (Lipinski definition) is 1. The highest BCUT2D eigenvalue weighted by molar-refractivity contribution is 7.17. The second-order valence-electron chi connectivity index (χ2n) is 13.5. The van der Waals surface area contributed by atoms with E-state index in [9.17, 15) is 19.5 Å². The number of nitrogens with zero attached hydrogens (tertiary/aromatic N) is 1. The first-order valence-electron chi connectivity index (χ1n) is 14.1. The summed E-state index contributed by atoms with van der Waals surface area (Å²) in [7, 11) is -1.85. The molecule has 240 valence electrons. The summed E-state index contributed by atoms with van der Waals surface area (Å²) in [5.41, 5.74) is -2.78. The third kappa shape index (κ3) is 11.6. The first kappa shape index (κ1) is 36.2. The number of rotatable bonds is 13. The largest absolute Gasteiger partial charge is 0.482 e. The maximum atomic E-state index is 13.2. The molecule has 2 atom stereocenters. The van der Waals surface area contributed by atoms with Gasteiger partial charge in [0.25, 0.3) is 0 Å². The van der Waals surface area contributed by atoms with Gasteiger partial charge in [0.2, 0.25) is 0 Å². The zero-order valence-corrected chi connectivity index (χ0v) is 28.1. The fourth-order valence-electron chi connectivity index (χ4n) is 4.23. The Labute approximate surface area is 256 Å². The van der Waals surface area contributed by atoms with Crippen molar-refractivity contribution in [1.82, 2.24) is 5.32 Å². The van der Waals surface area contributed by atoms with Crippen molar-refractivity contribution in [2.45, 2.75) is 117 Å². The third-order valence-electron chi connectivity index (χ3n) is 5.91. The average Bonchev–Trinajstić information content (AvgIpc) is 2.84. The van der Waals surface area contributed by atoms with Gasteiger partial charge in [-0.1, -0.05) is 36.4 Å². The molecule has 2 aromatic carbocycles. The number of nitro groups is 1. The monoisotopic (exact) mass is 622 g/mol. The summed E-state index contributed by atoms with van der Waals surface area (Å²) in [6, 6.07) is 14.1. The average molecular weight is 623 g/mol. The molecule has 1 amide bonds. The van der Waals surface area contributed by atoms with Crippen LogP contribution < -0.4 is 10.1 Å². The fraction of sp³-hybridized carbons (Fsp3) is 0.581. The Balaban J connectivity index is 2.52. The van der Waals surface area contributed by atoms with Gasteiger partial charge in [0.15, 0.2) is 14.4 Å². The summed E-state index contributed by atoms with van der Waals surface area (Å²) in [6.45, 7) is 17.7. The lowest BCUT2D eigenvalue weighted by Crippen LogP contribution is -2.69. The van der Waals surface area contributed by atoms with E-state index < -0.39 is 48.0 Å². The Morgan fingerprint density at radius 2 is 1.44 bits per heavy atom. The summed E-state index contributed by atoms with van der Waals surface area (Å²) in [5, 5.41) is 14.8. The molecule has 0 aliphatic heterocycles. The highest BCUT2D eigenvalue weighted by atomic mass is 31.1. The van der Waals surface area contributed by atoms with E-state index in [1.807, 2.05) is 30.3 Å². The smallest absolute Gasteiger partial charge is 0.408 e. The summed E-state index contributed by atoms with van der Waals surface area (Å²) in [4.78, 5) is 24.7. The normalized spacial score (nSPS) is 14.4.